The lowest BCUT2D eigenvalue weighted by atomic mass is 10.2. The molecule has 1 N–H and O–H groups in total. The van der Waals surface area contributed by atoms with E-state index in [2.05, 4.69) is 0 Å². The summed E-state index contributed by atoms with van der Waals surface area (Å²) in [5.41, 5.74) is 0.542. The molecule has 0 radical (unpaired) electrons. The van der Waals surface area contributed by atoms with Gasteiger partial charge in [-0.2, -0.15) is 0 Å². The minimum atomic E-state index is -2.59. The van der Waals surface area contributed by atoms with Gasteiger partial charge in [0, 0.05) is 11.1 Å². The van der Waals surface area contributed by atoms with Crippen LogP contribution in [-0.4, -0.2) is 26.3 Å². The molecule has 0 atom stereocenters. The predicted molar refractivity (Wildman–Crippen MR) is 56.2 cm³/mol. The lowest BCUT2D eigenvalue weighted by Crippen LogP contribution is -2.22. The molecule has 5 nitrogen and oxygen atoms in total. The normalized spacial score (nSPS) is 19.6. The topological polar surface area (TPSA) is 56.8 Å². The van der Waals surface area contributed by atoms with Gasteiger partial charge in [-0.3, -0.25) is 0 Å². The summed E-state index contributed by atoms with van der Waals surface area (Å²) in [5, 5.41) is 1.74. The van der Waals surface area contributed by atoms with Crippen molar-refractivity contribution in [2.45, 2.75) is 6.29 Å². The van der Waals surface area contributed by atoms with Crippen molar-refractivity contribution < 1.29 is 23.1 Å². The van der Waals surface area contributed by atoms with Gasteiger partial charge in [0.1, 0.15) is 5.75 Å². The van der Waals surface area contributed by atoms with Crippen LogP contribution in [-0.2, 0) is 9.47 Å². The first-order valence-corrected chi connectivity index (χ1v) is 4.78. The highest BCUT2D eigenvalue weighted by Gasteiger charge is 2.22. The lowest BCUT2D eigenvalue weighted by Gasteiger charge is -2.13. The van der Waals surface area contributed by atoms with Crippen molar-refractivity contribution in [2.75, 3.05) is 20.2 Å². The minimum Gasteiger partial charge on any atom is -0.410 e. The molecule has 1 fully saturated rings. The molecule has 0 bridgehead atoms. The lowest BCUT2D eigenvalue weighted by molar-refractivity contribution is -0.0452. The summed E-state index contributed by atoms with van der Waals surface area (Å²) in [6.45, 7) is -1.67. The number of rotatable bonds is 2. The Morgan fingerprint density at radius 2 is 2.25 bits per heavy atom. The van der Waals surface area contributed by atoms with Crippen LogP contribution >= 0.6 is 0 Å². The van der Waals surface area contributed by atoms with Crippen LogP contribution in [0.15, 0.2) is 24.3 Å². The number of hydrogen-bond acceptors (Lipinski definition) is 4. The molecule has 86 valence electrons. The van der Waals surface area contributed by atoms with Gasteiger partial charge in [0.2, 0.25) is 0 Å². The van der Waals surface area contributed by atoms with E-state index in [1.165, 1.54) is 0 Å². The van der Waals surface area contributed by atoms with Crippen LogP contribution in [0.25, 0.3) is 0 Å². The second-order valence-electron chi connectivity index (χ2n) is 3.13. The third kappa shape index (κ3) is 2.32. The molecule has 1 heterocycles. The van der Waals surface area contributed by atoms with Crippen LogP contribution in [0, 0.1) is 0 Å². The SMILES string of the molecule is [2H]C([2H])([2H])NC(=O)Oc1ccccc1C1OCCO1. The van der Waals surface area contributed by atoms with Crippen molar-refractivity contribution in [3.63, 3.8) is 0 Å². The molecule has 0 unspecified atom stereocenters. The zero-order chi connectivity index (χ0) is 13.9. The summed E-state index contributed by atoms with van der Waals surface area (Å²) < 4.78 is 36.4. The van der Waals surface area contributed by atoms with Gasteiger partial charge in [-0.15, -0.1) is 0 Å². The van der Waals surface area contributed by atoms with Crippen molar-refractivity contribution in [2.24, 2.45) is 0 Å². The number of ether oxygens (including phenoxy) is 3. The van der Waals surface area contributed by atoms with E-state index in [1.807, 2.05) is 0 Å². The third-order valence-corrected chi connectivity index (χ3v) is 2.10. The molecule has 2 rings (SSSR count). The Bertz CT molecular complexity index is 457. The molecule has 1 aromatic carbocycles. The monoisotopic (exact) mass is 226 g/mol. The van der Waals surface area contributed by atoms with Gasteiger partial charge in [-0.05, 0) is 6.07 Å². The van der Waals surface area contributed by atoms with E-state index in [-0.39, 0.29) is 5.75 Å². The van der Waals surface area contributed by atoms with Crippen LogP contribution in [0.5, 0.6) is 5.75 Å². The van der Waals surface area contributed by atoms with Crippen molar-refractivity contribution >= 4 is 6.09 Å². The Hall–Kier alpha value is -1.59. The largest absolute Gasteiger partial charge is 0.412 e. The molecule has 1 aliphatic heterocycles. The number of amides is 1. The molecule has 1 saturated heterocycles. The van der Waals surface area contributed by atoms with Crippen LogP contribution in [0.2, 0.25) is 0 Å². The highest BCUT2D eigenvalue weighted by atomic mass is 16.7. The molecule has 0 aromatic heterocycles. The number of nitrogens with one attached hydrogen (secondary N) is 1. The Morgan fingerprint density at radius 1 is 1.50 bits per heavy atom. The van der Waals surface area contributed by atoms with E-state index < -0.39 is 19.4 Å². The van der Waals surface area contributed by atoms with Gasteiger partial charge in [0.15, 0.2) is 6.29 Å². The maximum Gasteiger partial charge on any atom is 0.412 e. The Kier molecular flexibility index (Phi) is 2.37. The smallest absolute Gasteiger partial charge is 0.410 e. The Labute approximate surface area is 97.5 Å². The molecule has 1 aromatic rings. The first-order valence-electron chi connectivity index (χ1n) is 6.28. The average molecular weight is 226 g/mol. The summed E-state index contributed by atoms with van der Waals surface area (Å²) in [6.07, 6.45) is -1.65. The molecule has 0 saturated carbocycles. The summed E-state index contributed by atoms with van der Waals surface area (Å²) >= 11 is 0. The van der Waals surface area contributed by atoms with E-state index in [0.29, 0.717) is 18.8 Å². The standard InChI is InChI=1S/C11H13NO4/c1-12-11(13)16-9-5-3-2-4-8(9)10-14-6-7-15-10/h2-5,10H,6-7H2,1H3,(H,12,13)/i1D3. The number of para-hydroxylation sites is 1. The molecular weight excluding hydrogens is 210 g/mol. The van der Waals surface area contributed by atoms with Crippen LogP contribution in [0.1, 0.15) is 16.0 Å². The number of carbonyl (C=O) groups is 1. The quantitative estimate of drug-likeness (QED) is 0.829. The third-order valence-electron chi connectivity index (χ3n) is 2.10. The van der Waals surface area contributed by atoms with E-state index in [0.717, 1.165) is 0 Å². The van der Waals surface area contributed by atoms with Crippen molar-refractivity contribution in [1.29, 1.82) is 0 Å². The zero-order valence-electron chi connectivity index (χ0n) is 11.4. The van der Waals surface area contributed by atoms with Crippen LogP contribution in [0.3, 0.4) is 0 Å². The predicted octanol–water partition coefficient (Wildman–Crippen LogP) is 1.45. The van der Waals surface area contributed by atoms with Gasteiger partial charge in [-0.25, -0.2) is 4.79 Å². The number of hydrogen-bond donors (Lipinski definition) is 1. The molecule has 0 aliphatic carbocycles. The second kappa shape index (κ2) is 4.96. The van der Waals surface area contributed by atoms with Gasteiger partial charge in [0.05, 0.1) is 18.8 Å². The molecular formula is C11H13NO4. The minimum absolute atomic E-state index is 0.205. The zero-order valence-corrected chi connectivity index (χ0v) is 8.43. The highest BCUT2D eigenvalue weighted by Crippen LogP contribution is 2.30. The van der Waals surface area contributed by atoms with E-state index in [1.54, 1.807) is 29.6 Å². The van der Waals surface area contributed by atoms with Crippen LogP contribution < -0.4 is 10.1 Å². The molecule has 16 heavy (non-hydrogen) atoms. The number of benzene rings is 1. The second-order valence-corrected chi connectivity index (χ2v) is 3.13. The maximum atomic E-state index is 11.4. The van der Waals surface area contributed by atoms with Crippen molar-refractivity contribution in [3.8, 4) is 5.75 Å². The van der Waals surface area contributed by atoms with Crippen LogP contribution in [0.4, 0.5) is 4.79 Å². The first kappa shape index (κ1) is 7.65. The first-order chi connectivity index (χ1) is 8.96. The van der Waals surface area contributed by atoms with Gasteiger partial charge < -0.3 is 19.5 Å². The molecule has 1 aliphatic rings. The molecule has 1 amide bonds. The van der Waals surface area contributed by atoms with E-state index in [9.17, 15) is 4.79 Å². The average Bonchev–Trinajstić information content (AvgIpc) is 2.80. The number of carbonyl (C=O) groups excluding carboxylic acids is 1. The fraction of sp³-hybridized carbons (Fsp3) is 0.364. The summed E-state index contributed by atoms with van der Waals surface area (Å²) in [5.74, 6) is 0.205. The van der Waals surface area contributed by atoms with Gasteiger partial charge in [-0.1, -0.05) is 18.2 Å². The highest BCUT2D eigenvalue weighted by molar-refractivity contribution is 5.70. The van der Waals surface area contributed by atoms with Gasteiger partial charge in [0.25, 0.3) is 0 Å². The van der Waals surface area contributed by atoms with E-state index >= 15 is 0 Å². The van der Waals surface area contributed by atoms with Gasteiger partial charge >= 0.3 is 6.09 Å². The fourth-order valence-corrected chi connectivity index (χ4v) is 1.43. The molecule has 0 spiro atoms. The Morgan fingerprint density at radius 3 is 3.00 bits per heavy atom. The fourth-order valence-electron chi connectivity index (χ4n) is 1.43. The van der Waals surface area contributed by atoms with Crippen molar-refractivity contribution in [1.82, 2.24) is 5.32 Å². The van der Waals surface area contributed by atoms with E-state index in [4.69, 9.17) is 18.3 Å². The molecule has 5 heteroatoms. The van der Waals surface area contributed by atoms with Crippen molar-refractivity contribution in [3.05, 3.63) is 29.8 Å². The summed E-state index contributed by atoms with van der Waals surface area (Å²) in [7, 11) is 0. The summed E-state index contributed by atoms with van der Waals surface area (Å²) in [4.78, 5) is 11.4. The summed E-state index contributed by atoms with van der Waals surface area (Å²) in [6, 6.07) is 6.64. The maximum absolute atomic E-state index is 11.4. The Balaban J connectivity index is 2.09.